The number of rotatable bonds is 42. The van der Waals surface area contributed by atoms with Gasteiger partial charge in [-0.05, 0) is 38.5 Å². The molecule has 0 heterocycles. The van der Waals surface area contributed by atoms with Crippen LogP contribution in [0.2, 0.25) is 0 Å². The third-order valence-corrected chi connectivity index (χ3v) is 10.7. The van der Waals surface area contributed by atoms with E-state index in [1.54, 1.807) is 0 Å². The minimum Gasteiger partial charge on any atom is -0.457 e. The molecule has 320 valence electrons. The molecule has 11 heteroatoms. The molecule has 0 aliphatic carbocycles. The van der Waals surface area contributed by atoms with Crippen molar-refractivity contribution in [3.05, 3.63) is 12.2 Å². The summed E-state index contributed by atoms with van der Waals surface area (Å²) in [5.74, 6) is -1.02. The van der Waals surface area contributed by atoms with Gasteiger partial charge in [0.1, 0.15) is 12.2 Å². The zero-order valence-electron chi connectivity index (χ0n) is 34.7. The molecule has 0 bridgehead atoms. The average Bonchev–Trinajstić information content (AvgIpc) is 3.16. The minimum atomic E-state index is -4.63. The molecule has 0 radical (unpaired) electrons. The molecule has 3 unspecified atom stereocenters. The van der Waals surface area contributed by atoms with E-state index in [-0.39, 0.29) is 12.8 Å². The molecule has 0 fully saturated rings. The Bertz CT molecular complexity index is 915. The fraction of sp³-hybridized carbons (Fsp3) is 0.907. The van der Waals surface area contributed by atoms with Crippen LogP contribution in [-0.4, -0.2) is 65.7 Å². The fourth-order valence-electron chi connectivity index (χ4n) is 6.29. The molecular weight excluding hydrogens is 707 g/mol. The summed E-state index contributed by atoms with van der Waals surface area (Å²) in [4.78, 5) is 34.5. The molecule has 0 aromatic heterocycles. The van der Waals surface area contributed by atoms with Gasteiger partial charge in [-0.3, -0.25) is 18.6 Å². The van der Waals surface area contributed by atoms with Crippen molar-refractivity contribution >= 4 is 19.8 Å². The van der Waals surface area contributed by atoms with Gasteiger partial charge in [-0.25, -0.2) is 4.57 Å². The van der Waals surface area contributed by atoms with E-state index in [2.05, 4.69) is 26.0 Å². The van der Waals surface area contributed by atoms with Crippen molar-refractivity contribution in [2.75, 3.05) is 26.4 Å². The minimum absolute atomic E-state index is 0.185. The topological polar surface area (TPSA) is 149 Å². The molecule has 0 spiro atoms. The van der Waals surface area contributed by atoms with Crippen LogP contribution in [-0.2, 0) is 32.7 Å². The van der Waals surface area contributed by atoms with E-state index in [0.717, 1.165) is 57.8 Å². The van der Waals surface area contributed by atoms with E-state index in [0.29, 0.717) is 12.8 Å². The van der Waals surface area contributed by atoms with E-state index in [4.69, 9.17) is 18.5 Å². The van der Waals surface area contributed by atoms with Crippen LogP contribution in [0.3, 0.4) is 0 Å². The molecular formula is C43H83O10P. The largest absolute Gasteiger partial charge is 0.472 e. The maximum Gasteiger partial charge on any atom is 0.472 e. The molecule has 0 amide bonds. The number of unbranched alkanes of at least 4 members (excludes halogenated alkanes) is 26. The van der Waals surface area contributed by atoms with Gasteiger partial charge in [-0.2, -0.15) is 0 Å². The monoisotopic (exact) mass is 791 g/mol. The number of hydrogen-bond donors (Lipinski definition) is 3. The Balaban J connectivity index is 3.88. The molecule has 3 atom stereocenters. The van der Waals surface area contributed by atoms with Crippen molar-refractivity contribution in [1.82, 2.24) is 0 Å². The second kappa shape index (κ2) is 39.9. The smallest absolute Gasteiger partial charge is 0.457 e. The molecule has 10 nitrogen and oxygen atoms in total. The Morgan fingerprint density at radius 2 is 0.759 bits per heavy atom. The SMILES string of the molecule is CCCCCC/C=C\CCCCCCCC(=O)OC(CO)COP(=O)(O)OCC(CO)OC(=O)CCCCCCCCCCCCCCCCCCCC. The number of carbonyl (C=O) groups excluding carboxylic acids is 2. The number of hydrogen-bond acceptors (Lipinski definition) is 9. The Labute approximate surface area is 330 Å². The van der Waals surface area contributed by atoms with Gasteiger partial charge < -0.3 is 24.6 Å². The van der Waals surface area contributed by atoms with E-state index >= 15 is 0 Å². The summed E-state index contributed by atoms with van der Waals surface area (Å²) >= 11 is 0. The average molecular weight is 791 g/mol. The highest BCUT2D eigenvalue weighted by Crippen LogP contribution is 2.43. The first-order valence-electron chi connectivity index (χ1n) is 22.1. The molecule has 0 aliphatic rings. The quantitative estimate of drug-likeness (QED) is 0.0236. The Hall–Kier alpha value is -1.29. The lowest BCUT2D eigenvalue weighted by atomic mass is 10.0. The molecule has 0 saturated carbocycles. The Kier molecular flexibility index (Phi) is 39.0. The maximum atomic E-state index is 12.4. The molecule has 0 aliphatic heterocycles. The van der Waals surface area contributed by atoms with E-state index < -0.39 is 58.4 Å². The molecule has 54 heavy (non-hydrogen) atoms. The van der Waals surface area contributed by atoms with Gasteiger partial charge in [0.2, 0.25) is 0 Å². The van der Waals surface area contributed by atoms with Crippen LogP contribution in [0.1, 0.15) is 213 Å². The number of esters is 2. The lowest BCUT2D eigenvalue weighted by molar-refractivity contribution is -0.153. The molecule has 0 aromatic rings. The number of aliphatic hydroxyl groups is 2. The zero-order chi connectivity index (χ0) is 39.8. The number of phosphoric acid groups is 1. The number of ether oxygens (including phenoxy) is 2. The lowest BCUT2D eigenvalue weighted by Crippen LogP contribution is -2.28. The van der Waals surface area contributed by atoms with Gasteiger partial charge in [0.25, 0.3) is 0 Å². The highest BCUT2D eigenvalue weighted by molar-refractivity contribution is 7.47. The van der Waals surface area contributed by atoms with Crippen molar-refractivity contribution in [1.29, 1.82) is 0 Å². The van der Waals surface area contributed by atoms with E-state index in [9.17, 15) is 29.3 Å². The normalized spacial score (nSPS) is 13.9. The summed E-state index contributed by atoms with van der Waals surface area (Å²) in [5, 5.41) is 19.2. The summed E-state index contributed by atoms with van der Waals surface area (Å²) in [5.41, 5.74) is 0. The number of aliphatic hydroxyl groups excluding tert-OH is 2. The first-order valence-corrected chi connectivity index (χ1v) is 23.6. The van der Waals surface area contributed by atoms with E-state index in [1.807, 2.05) is 0 Å². The van der Waals surface area contributed by atoms with Crippen molar-refractivity contribution in [2.24, 2.45) is 0 Å². The molecule has 0 aromatic carbocycles. The highest BCUT2D eigenvalue weighted by atomic mass is 31.2. The van der Waals surface area contributed by atoms with Gasteiger partial charge in [0.05, 0.1) is 26.4 Å². The number of phosphoric ester groups is 1. The van der Waals surface area contributed by atoms with Crippen LogP contribution < -0.4 is 0 Å². The molecule has 3 N–H and O–H groups in total. The van der Waals surface area contributed by atoms with E-state index in [1.165, 1.54) is 116 Å². The summed E-state index contributed by atoms with van der Waals surface area (Å²) < 4.78 is 32.6. The fourth-order valence-corrected chi connectivity index (χ4v) is 7.07. The summed E-state index contributed by atoms with van der Waals surface area (Å²) in [6.45, 7) is 2.21. The van der Waals surface area contributed by atoms with Gasteiger partial charge in [0, 0.05) is 12.8 Å². The van der Waals surface area contributed by atoms with Gasteiger partial charge in [0.15, 0.2) is 0 Å². The summed E-state index contributed by atoms with van der Waals surface area (Å²) in [6, 6.07) is 0. The van der Waals surface area contributed by atoms with Crippen molar-refractivity contribution < 1.29 is 47.8 Å². The second-order valence-electron chi connectivity index (χ2n) is 15.0. The first kappa shape index (κ1) is 52.7. The highest BCUT2D eigenvalue weighted by Gasteiger charge is 2.27. The van der Waals surface area contributed by atoms with Crippen LogP contribution >= 0.6 is 7.82 Å². The van der Waals surface area contributed by atoms with Crippen molar-refractivity contribution in [3.8, 4) is 0 Å². The molecule has 0 rings (SSSR count). The predicted octanol–water partition coefficient (Wildman–Crippen LogP) is 11.6. The van der Waals surface area contributed by atoms with Crippen LogP contribution in [0.25, 0.3) is 0 Å². The lowest BCUT2D eigenvalue weighted by Gasteiger charge is -2.20. The Morgan fingerprint density at radius 3 is 1.07 bits per heavy atom. The van der Waals surface area contributed by atoms with Crippen LogP contribution in [0.15, 0.2) is 12.2 Å². The van der Waals surface area contributed by atoms with Crippen LogP contribution in [0.5, 0.6) is 0 Å². The third kappa shape index (κ3) is 37.6. The van der Waals surface area contributed by atoms with Gasteiger partial charge >= 0.3 is 19.8 Å². The molecule has 0 saturated heterocycles. The third-order valence-electron chi connectivity index (χ3n) is 9.73. The zero-order valence-corrected chi connectivity index (χ0v) is 35.6. The number of carbonyl (C=O) groups is 2. The second-order valence-corrected chi connectivity index (χ2v) is 16.5. The summed E-state index contributed by atoms with van der Waals surface area (Å²) in [7, 11) is -4.63. The predicted molar refractivity (Wildman–Crippen MR) is 219 cm³/mol. The van der Waals surface area contributed by atoms with Crippen molar-refractivity contribution in [3.63, 3.8) is 0 Å². The Morgan fingerprint density at radius 1 is 0.481 bits per heavy atom. The first-order chi connectivity index (χ1) is 26.3. The number of allylic oxidation sites excluding steroid dienone is 2. The van der Waals surface area contributed by atoms with Crippen LogP contribution in [0.4, 0.5) is 0 Å². The van der Waals surface area contributed by atoms with Crippen molar-refractivity contribution in [2.45, 2.75) is 225 Å². The standard InChI is InChI=1S/C43H83O10P/c1-3-5-7-9-11-13-15-17-18-19-20-21-23-25-27-29-31-33-35-43(47)53-41(37-45)39-51-54(48,49)50-38-40(36-44)52-42(46)34-32-30-28-26-24-22-16-14-12-10-8-6-4-2/h14,16,40-41,44-45H,3-13,15,17-39H2,1-2H3,(H,48,49)/b16-14-. The van der Waals surface area contributed by atoms with Gasteiger partial charge in [-0.1, -0.05) is 174 Å². The summed E-state index contributed by atoms with van der Waals surface area (Å²) in [6.07, 6.45) is 37.6. The van der Waals surface area contributed by atoms with Gasteiger partial charge in [-0.15, -0.1) is 0 Å². The van der Waals surface area contributed by atoms with Crippen LogP contribution in [0, 0.1) is 0 Å². The maximum absolute atomic E-state index is 12.4.